The summed E-state index contributed by atoms with van der Waals surface area (Å²) in [5.41, 5.74) is 8.93. The van der Waals surface area contributed by atoms with Gasteiger partial charge in [-0.15, -0.1) is 0 Å². The van der Waals surface area contributed by atoms with Crippen molar-refractivity contribution in [1.29, 1.82) is 0 Å². The average molecular weight is 474 g/mol. The molecular formula is C35H23NO. The summed E-state index contributed by atoms with van der Waals surface area (Å²) in [4.78, 5) is 0. The van der Waals surface area contributed by atoms with E-state index in [0.29, 0.717) is 0 Å². The number of aryl methyl sites for hydroxylation is 1. The normalized spacial score (nSPS) is 11.9. The van der Waals surface area contributed by atoms with Gasteiger partial charge in [0.1, 0.15) is 11.2 Å². The Morgan fingerprint density at radius 2 is 1.19 bits per heavy atom. The van der Waals surface area contributed by atoms with Crippen molar-refractivity contribution in [3.8, 4) is 16.8 Å². The highest BCUT2D eigenvalue weighted by Crippen LogP contribution is 2.42. The number of nitrogens with zero attached hydrogens (tertiary/aromatic N) is 1. The van der Waals surface area contributed by atoms with Crippen molar-refractivity contribution in [2.45, 2.75) is 6.92 Å². The average Bonchev–Trinajstić information content (AvgIpc) is 3.49. The van der Waals surface area contributed by atoms with Crippen LogP contribution in [0.3, 0.4) is 0 Å². The molecule has 0 saturated heterocycles. The smallest absolute Gasteiger partial charge is 0.143 e. The molecule has 2 aromatic heterocycles. The first-order valence-corrected chi connectivity index (χ1v) is 12.7. The minimum absolute atomic E-state index is 0.927. The number of hydrogen-bond donors (Lipinski definition) is 0. The zero-order valence-corrected chi connectivity index (χ0v) is 20.4. The predicted octanol–water partition coefficient (Wildman–Crippen LogP) is 9.81. The van der Waals surface area contributed by atoms with Crippen molar-refractivity contribution >= 4 is 54.5 Å². The van der Waals surface area contributed by atoms with E-state index in [1.807, 2.05) is 0 Å². The lowest BCUT2D eigenvalue weighted by Crippen LogP contribution is -1.95. The third-order valence-corrected chi connectivity index (χ3v) is 7.71. The third-order valence-electron chi connectivity index (χ3n) is 7.71. The van der Waals surface area contributed by atoms with Crippen LogP contribution in [0.15, 0.2) is 126 Å². The van der Waals surface area contributed by atoms with Crippen LogP contribution in [0.5, 0.6) is 0 Å². The first-order chi connectivity index (χ1) is 18.3. The number of hydrogen-bond acceptors (Lipinski definition) is 1. The van der Waals surface area contributed by atoms with Gasteiger partial charge in [-0.2, -0.15) is 0 Å². The Kier molecular flexibility index (Phi) is 4.18. The number of benzene rings is 6. The number of para-hydroxylation sites is 2. The van der Waals surface area contributed by atoms with Crippen LogP contribution in [0, 0.1) is 6.92 Å². The van der Waals surface area contributed by atoms with E-state index in [1.165, 1.54) is 49.1 Å². The molecule has 0 aliphatic carbocycles. The number of aromatic nitrogens is 1. The maximum atomic E-state index is 6.61. The molecule has 0 fully saturated rings. The van der Waals surface area contributed by atoms with Crippen LogP contribution in [-0.2, 0) is 0 Å². The number of rotatable bonds is 2. The number of furan rings is 1. The van der Waals surface area contributed by atoms with Crippen molar-refractivity contribution in [1.82, 2.24) is 4.57 Å². The van der Waals surface area contributed by atoms with Gasteiger partial charge in [-0.25, -0.2) is 0 Å². The van der Waals surface area contributed by atoms with Crippen LogP contribution in [0.25, 0.3) is 71.3 Å². The molecule has 6 aromatic carbocycles. The quantitative estimate of drug-likeness (QED) is 0.244. The summed E-state index contributed by atoms with van der Waals surface area (Å²) >= 11 is 0. The van der Waals surface area contributed by atoms with Gasteiger partial charge in [-0.05, 0) is 59.2 Å². The van der Waals surface area contributed by atoms with E-state index in [0.717, 1.165) is 27.8 Å². The van der Waals surface area contributed by atoms with E-state index < -0.39 is 0 Å². The molecule has 0 atom stereocenters. The van der Waals surface area contributed by atoms with Crippen molar-refractivity contribution in [3.05, 3.63) is 127 Å². The predicted molar refractivity (Wildman–Crippen MR) is 156 cm³/mol. The van der Waals surface area contributed by atoms with Gasteiger partial charge in [0, 0.05) is 32.8 Å². The second kappa shape index (κ2) is 7.59. The molecule has 0 aliphatic rings. The van der Waals surface area contributed by atoms with Crippen LogP contribution in [0.2, 0.25) is 0 Å². The second-order valence-electron chi connectivity index (χ2n) is 9.82. The van der Waals surface area contributed by atoms with Gasteiger partial charge in [0.2, 0.25) is 0 Å². The molecule has 0 radical (unpaired) electrons. The van der Waals surface area contributed by atoms with Gasteiger partial charge >= 0.3 is 0 Å². The zero-order chi connectivity index (χ0) is 24.5. The van der Waals surface area contributed by atoms with E-state index in [1.54, 1.807) is 0 Å². The fraction of sp³-hybridized carbons (Fsp3) is 0.0286. The molecule has 0 aliphatic heterocycles. The SMILES string of the molecule is Cc1cccc2oc3c(-c4cccc5ccccc45)cc(-n4c5ccccc5c5ccccc54)cc3c12. The third kappa shape index (κ3) is 2.87. The molecule has 2 heteroatoms. The fourth-order valence-electron chi connectivity index (χ4n) is 6.08. The van der Waals surface area contributed by atoms with Gasteiger partial charge < -0.3 is 8.98 Å². The lowest BCUT2D eigenvalue weighted by Gasteiger charge is -2.13. The summed E-state index contributed by atoms with van der Waals surface area (Å²) in [7, 11) is 0. The van der Waals surface area contributed by atoms with Crippen LogP contribution in [0.4, 0.5) is 0 Å². The summed E-state index contributed by atoms with van der Waals surface area (Å²) in [6, 6.07) is 43.4. The Hall–Kier alpha value is -4.82. The molecule has 37 heavy (non-hydrogen) atoms. The topological polar surface area (TPSA) is 18.1 Å². The standard InChI is InChI=1S/C35H23NO/c1-22-10-8-19-33-34(22)30-21-24(36-31-17-6-4-14-27(31)28-15-5-7-18-32(28)36)20-29(35(30)37-33)26-16-9-12-23-11-2-3-13-25(23)26/h2-21H,1H3. The molecule has 0 N–H and O–H groups in total. The van der Waals surface area contributed by atoms with Gasteiger partial charge in [0.05, 0.1) is 11.0 Å². The Labute approximate surface area is 214 Å². The Bertz CT molecular complexity index is 2100. The fourth-order valence-corrected chi connectivity index (χ4v) is 6.08. The first-order valence-electron chi connectivity index (χ1n) is 12.7. The molecule has 0 bridgehead atoms. The molecule has 174 valence electrons. The minimum Gasteiger partial charge on any atom is -0.455 e. The van der Waals surface area contributed by atoms with Gasteiger partial charge in [0.25, 0.3) is 0 Å². The summed E-state index contributed by atoms with van der Waals surface area (Å²) in [6.07, 6.45) is 0. The molecular weight excluding hydrogens is 450 g/mol. The van der Waals surface area contributed by atoms with Gasteiger partial charge in [0.15, 0.2) is 0 Å². The van der Waals surface area contributed by atoms with Crippen molar-refractivity contribution in [2.24, 2.45) is 0 Å². The Morgan fingerprint density at radius 3 is 1.97 bits per heavy atom. The Balaban J connectivity index is 1.58. The maximum Gasteiger partial charge on any atom is 0.143 e. The monoisotopic (exact) mass is 473 g/mol. The van der Waals surface area contributed by atoms with Gasteiger partial charge in [-0.3, -0.25) is 0 Å². The van der Waals surface area contributed by atoms with Gasteiger partial charge in [-0.1, -0.05) is 91.0 Å². The summed E-state index contributed by atoms with van der Waals surface area (Å²) in [5.74, 6) is 0. The van der Waals surface area contributed by atoms with E-state index in [4.69, 9.17) is 4.42 Å². The minimum atomic E-state index is 0.927. The van der Waals surface area contributed by atoms with Crippen LogP contribution < -0.4 is 0 Å². The summed E-state index contributed by atoms with van der Waals surface area (Å²) in [5, 5.41) is 7.30. The van der Waals surface area contributed by atoms with E-state index >= 15 is 0 Å². The molecule has 0 spiro atoms. The lowest BCUT2D eigenvalue weighted by atomic mass is 9.95. The first kappa shape index (κ1) is 20.4. The molecule has 2 nitrogen and oxygen atoms in total. The van der Waals surface area contributed by atoms with Crippen molar-refractivity contribution in [3.63, 3.8) is 0 Å². The lowest BCUT2D eigenvalue weighted by molar-refractivity contribution is 0.670. The second-order valence-corrected chi connectivity index (χ2v) is 9.82. The van der Waals surface area contributed by atoms with Crippen LogP contribution in [-0.4, -0.2) is 4.57 Å². The molecule has 0 amide bonds. The highest BCUT2D eigenvalue weighted by Gasteiger charge is 2.19. The largest absolute Gasteiger partial charge is 0.455 e. The van der Waals surface area contributed by atoms with Crippen molar-refractivity contribution < 1.29 is 4.42 Å². The maximum absolute atomic E-state index is 6.61. The van der Waals surface area contributed by atoms with E-state index in [-0.39, 0.29) is 0 Å². The molecule has 8 aromatic rings. The highest BCUT2D eigenvalue weighted by molar-refractivity contribution is 6.15. The molecule has 0 unspecified atom stereocenters. The molecule has 0 saturated carbocycles. The highest BCUT2D eigenvalue weighted by atomic mass is 16.3. The summed E-state index contributed by atoms with van der Waals surface area (Å²) in [6.45, 7) is 2.17. The zero-order valence-electron chi connectivity index (χ0n) is 20.4. The Morgan fingerprint density at radius 1 is 0.541 bits per heavy atom. The molecule has 8 rings (SSSR count). The van der Waals surface area contributed by atoms with Crippen LogP contribution >= 0.6 is 0 Å². The summed E-state index contributed by atoms with van der Waals surface area (Å²) < 4.78 is 9.00. The van der Waals surface area contributed by atoms with E-state index in [9.17, 15) is 0 Å². The van der Waals surface area contributed by atoms with Crippen LogP contribution in [0.1, 0.15) is 5.56 Å². The van der Waals surface area contributed by atoms with E-state index in [2.05, 4.69) is 133 Å². The molecule has 2 heterocycles. The van der Waals surface area contributed by atoms with Crippen molar-refractivity contribution in [2.75, 3.05) is 0 Å². The number of fused-ring (bicyclic) bond motifs is 7.